The number of benzene rings is 1. The van der Waals surface area contributed by atoms with Gasteiger partial charge in [0.05, 0.1) is 0 Å². The smallest absolute Gasteiger partial charge is 0.267 e. The van der Waals surface area contributed by atoms with Crippen molar-refractivity contribution in [2.75, 3.05) is 0 Å². The molecule has 1 atom stereocenters. The highest BCUT2D eigenvalue weighted by atomic mass is 32.2. The largest absolute Gasteiger partial charge is 0.342 e. The van der Waals surface area contributed by atoms with Crippen molar-refractivity contribution >= 4 is 21.8 Å². The van der Waals surface area contributed by atoms with E-state index in [-0.39, 0.29) is 5.92 Å². The molecule has 23 heavy (non-hydrogen) atoms. The van der Waals surface area contributed by atoms with Crippen molar-refractivity contribution in [2.24, 2.45) is 5.92 Å². The van der Waals surface area contributed by atoms with Crippen molar-refractivity contribution < 1.29 is 26.8 Å². The Bertz CT molecular complexity index is 762. The van der Waals surface area contributed by atoms with Gasteiger partial charge in [-0.3, -0.25) is 9.59 Å². The molecule has 2 amide bonds. The fourth-order valence-electron chi connectivity index (χ4n) is 2.35. The third kappa shape index (κ3) is 3.66. The molecular weight excluding hydrogens is 330 g/mol. The highest BCUT2D eigenvalue weighted by Gasteiger charge is 2.49. The first-order valence-corrected chi connectivity index (χ1v) is 8.35. The number of carbonyl (C=O) groups is 2. The van der Waals surface area contributed by atoms with E-state index in [2.05, 4.69) is 5.32 Å². The summed E-state index contributed by atoms with van der Waals surface area (Å²) < 4.78 is 52.6. The van der Waals surface area contributed by atoms with Gasteiger partial charge < -0.3 is 5.32 Å². The van der Waals surface area contributed by atoms with Crippen LogP contribution in [0.4, 0.5) is 8.78 Å². The fourth-order valence-corrected chi connectivity index (χ4v) is 3.48. The molecule has 0 heterocycles. The number of nitrogens with one attached hydrogen (secondary N) is 2. The first-order chi connectivity index (χ1) is 10.6. The summed E-state index contributed by atoms with van der Waals surface area (Å²) in [4.78, 5) is 22.8. The van der Waals surface area contributed by atoms with E-state index >= 15 is 0 Å². The lowest BCUT2D eigenvalue weighted by molar-refractivity contribution is -0.131. The number of rotatable bonds is 5. The van der Waals surface area contributed by atoms with Gasteiger partial charge in [0.2, 0.25) is 5.91 Å². The Hall–Kier alpha value is -2.03. The van der Waals surface area contributed by atoms with Gasteiger partial charge in [-0.1, -0.05) is 0 Å². The second kappa shape index (κ2) is 5.88. The third-order valence-electron chi connectivity index (χ3n) is 3.71. The van der Waals surface area contributed by atoms with Crippen molar-refractivity contribution in [3.8, 4) is 0 Å². The van der Waals surface area contributed by atoms with Gasteiger partial charge in [-0.2, -0.15) is 0 Å². The minimum absolute atomic E-state index is 0.195. The third-order valence-corrected chi connectivity index (χ3v) is 5.08. The van der Waals surface area contributed by atoms with Gasteiger partial charge >= 0.3 is 0 Å². The van der Waals surface area contributed by atoms with E-state index in [1.54, 1.807) is 4.72 Å². The zero-order valence-corrected chi connectivity index (χ0v) is 13.3. The second-order valence-electron chi connectivity index (χ2n) is 5.67. The highest BCUT2D eigenvalue weighted by Crippen LogP contribution is 2.40. The summed E-state index contributed by atoms with van der Waals surface area (Å²) in [5.74, 6) is -3.88. The lowest BCUT2D eigenvalue weighted by Crippen LogP contribution is -2.58. The molecule has 2 rings (SSSR count). The summed E-state index contributed by atoms with van der Waals surface area (Å²) >= 11 is 0. The Balaban J connectivity index is 2.28. The Morgan fingerprint density at radius 3 is 2.35 bits per heavy atom. The quantitative estimate of drug-likeness (QED) is 0.834. The average Bonchev–Trinajstić information content (AvgIpc) is 3.20. The Kier molecular flexibility index (Phi) is 4.43. The molecular formula is C14H16F2N2O4S. The van der Waals surface area contributed by atoms with E-state index in [9.17, 15) is 26.8 Å². The molecule has 6 nitrogen and oxygen atoms in total. The Labute approximate surface area is 132 Å². The molecule has 0 spiro atoms. The van der Waals surface area contributed by atoms with Gasteiger partial charge in [0, 0.05) is 13.0 Å². The van der Waals surface area contributed by atoms with Crippen LogP contribution in [0.5, 0.6) is 0 Å². The van der Waals surface area contributed by atoms with Gasteiger partial charge in [-0.15, -0.1) is 0 Å². The minimum atomic E-state index is -4.52. The normalized spacial score (nSPS) is 17.2. The fraction of sp³-hybridized carbons (Fsp3) is 0.429. The first-order valence-electron chi connectivity index (χ1n) is 6.87. The molecule has 1 fully saturated rings. The standard InChI is InChI=1S/C14H16F2N2O4S/c1-8(19)17-14(2,9-3-4-9)13(20)18-23(21,22)12-6-5-10(15)7-11(12)16/h5-7,9H,3-4H2,1-2H3,(H,17,19)(H,18,20). The van der Waals surface area contributed by atoms with Crippen molar-refractivity contribution in [1.29, 1.82) is 0 Å². The maximum Gasteiger partial charge on any atom is 0.267 e. The average molecular weight is 346 g/mol. The number of halogens is 2. The van der Waals surface area contributed by atoms with Gasteiger partial charge in [-0.25, -0.2) is 21.9 Å². The summed E-state index contributed by atoms with van der Waals surface area (Å²) in [6.07, 6.45) is 1.32. The summed E-state index contributed by atoms with van der Waals surface area (Å²) in [5, 5.41) is 2.45. The number of hydrogen-bond donors (Lipinski definition) is 2. The van der Waals surface area contributed by atoms with Crippen LogP contribution in [0.1, 0.15) is 26.7 Å². The maximum atomic E-state index is 13.6. The topological polar surface area (TPSA) is 92.3 Å². The Morgan fingerprint density at radius 1 is 1.26 bits per heavy atom. The van der Waals surface area contributed by atoms with E-state index < -0.39 is 43.9 Å². The zero-order valence-electron chi connectivity index (χ0n) is 12.5. The van der Waals surface area contributed by atoms with Crippen LogP contribution >= 0.6 is 0 Å². The number of amides is 2. The lowest BCUT2D eigenvalue weighted by atomic mass is 9.95. The molecule has 1 aliphatic carbocycles. The molecule has 1 aliphatic rings. The molecule has 126 valence electrons. The van der Waals surface area contributed by atoms with Crippen molar-refractivity contribution in [3.63, 3.8) is 0 Å². The van der Waals surface area contributed by atoms with Crippen LogP contribution in [0.3, 0.4) is 0 Å². The predicted molar refractivity (Wildman–Crippen MR) is 76.6 cm³/mol. The van der Waals surface area contributed by atoms with Crippen LogP contribution in [0.2, 0.25) is 0 Å². The van der Waals surface area contributed by atoms with Crippen LogP contribution in [0.25, 0.3) is 0 Å². The molecule has 0 bridgehead atoms. The summed E-state index contributed by atoms with van der Waals surface area (Å²) in [6, 6.07) is 1.91. The second-order valence-corrected chi connectivity index (χ2v) is 7.32. The molecule has 1 aromatic carbocycles. The van der Waals surface area contributed by atoms with Gasteiger partial charge in [0.25, 0.3) is 15.9 Å². The van der Waals surface area contributed by atoms with Crippen LogP contribution in [0, 0.1) is 17.6 Å². The molecule has 9 heteroatoms. The molecule has 2 N–H and O–H groups in total. The predicted octanol–water partition coefficient (Wildman–Crippen LogP) is 1.07. The number of carbonyl (C=O) groups excluding carboxylic acids is 2. The summed E-state index contributed by atoms with van der Waals surface area (Å²) in [5.41, 5.74) is -1.41. The van der Waals surface area contributed by atoms with Crippen LogP contribution < -0.4 is 10.0 Å². The molecule has 0 saturated heterocycles. The molecule has 0 aliphatic heterocycles. The van der Waals surface area contributed by atoms with Gasteiger partial charge in [-0.05, 0) is 37.8 Å². The van der Waals surface area contributed by atoms with E-state index in [1.807, 2.05) is 0 Å². The molecule has 0 radical (unpaired) electrons. The van der Waals surface area contributed by atoms with Crippen molar-refractivity contribution in [1.82, 2.24) is 10.0 Å². The van der Waals surface area contributed by atoms with Crippen molar-refractivity contribution in [2.45, 2.75) is 37.1 Å². The lowest BCUT2D eigenvalue weighted by Gasteiger charge is -2.28. The monoisotopic (exact) mass is 346 g/mol. The molecule has 1 unspecified atom stereocenters. The highest BCUT2D eigenvalue weighted by molar-refractivity contribution is 7.90. The van der Waals surface area contributed by atoms with E-state index in [0.29, 0.717) is 18.9 Å². The maximum absolute atomic E-state index is 13.6. The van der Waals surface area contributed by atoms with E-state index in [1.165, 1.54) is 13.8 Å². The minimum Gasteiger partial charge on any atom is -0.342 e. The van der Waals surface area contributed by atoms with Crippen LogP contribution in [-0.2, 0) is 19.6 Å². The number of sulfonamides is 1. The van der Waals surface area contributed by atoms with Gasteiger partial charge in [0.1, 0.15) is 22.1 Å². The van der Waals surface area contributed by atoms with Crippen LogP contribution in [0.15, 0.2) is 23.1 Å². The van der Waals surface area contributed by atoms with E-state index in [0.717, 1.165) is 12.1 Å². The first kappa shape index (κ1) is 17.3. The SMILES string of the molecule is CC(=O)NC(C)(C(=O)NS(=O)(=O)c1ccc(F)cc1F)C1CC1. The zero-order chi connectivity index (χ0) is 17.4. The molecule has 1 aromatic rings. The van der Waals surface area contributed by atoms with E-state index in [4.69, 9.17) is 0 Å². The number of hydrogen-bond acceptors (Lipinski definition) is 4. The Morgan fingerprint density at radius 2 is 1.87 bits per heavy atom. The summed E-state index contributed by atoms with van der Waals surface area (Å²) in [6.45, 7) is 2.62. The van der Waals surface area contributed by atoms with Crippen LogP contribution in [-0.4, -0.2) is 25.8 Å². The molecule has 0 aromatic heterocycles. The van der Waals surface area contributed by atoms with Crippen molar-refractivity contribution in [3.05, 3.63) is 29.8 Å². The summed E-state index contributed by atoms with van der Waals surface area (Å²) in [7, 11) is -4.52. The molecule has 1 saturated carbocycles. The van der Waals surface area contributed by atoms with Gasteiger partial charge in [0.15, 0.2) is 0 Å².